The first-order valence-electron chi connectivity index (χ1n) is 7.42. The zero-order valence-electron chi connectivity index (χ0n) is 12.5. The van der Waals surface area contributed by atoms with Crippen LogP contribution in [0.15, 0.2) is 0 Å². The number of rotatable bonds is 8. The Bertz CT molecular complexity index is 315. The summed E-state index contributed by atoms with van der Waals surface area (Å²) in [4.78, 5) is 23.1. The van der Waals surface area contributed by atoms with E-state index in [0.29, 0.717) is 19.3 Å². The van der Waals surface area contributed by atoms with Crippen LogP contribution in [0.2, 0.25) is 0 Å². The van der Waals surface area contributed by atoms with Crippen molar-refractivity contribution in [3.63, 3.8) is 0 Å². The van der Waals surface area contributed by atoms with Crippen LogP contribution >= 0.6 is 0 Å². The predicted octanol–water partition coefficient (Wildman–Crippen LogP) is 0.161. The first-order valence-corrected chi connectivity index (χ1v) is 7.42. The number of carbonyl (C=O) groups is 2. The highest BCUT2D eigenvalue weighted by Crippen LogP contribution is 2.20. The molecule has 1 rings (SSSR count). The molecule has 0 radical (unpaired) electrons. The van der Waals surface area contributed by atoms with E-state index < -0.39 is 6.04 Å². The molecular formula is C14H27N3O3. The summed E-state index contributed by atoms with van der Waals surface area (Å²) in [5.41, 5.74) is 5.67. The molecule has 6 nitrogen and oxygen atoms in total. The van der Waals surface area contributed by atoms with Crippen LogP contribution in [0.3, 0.4) is 0 Å². The van der Waals surface area contributed by atoms with E-state index in [2.05, 4.69) is 10.6 Å². The minimum Gasteiger partial charge on any atom is -0.376 e. The van der Waals surface area contributed by atoms with Gasteiger partial charge in [0.15, 0.2) is 0 Å². The lowest BCUT2D eigenvalue weighted by Crippen LogP contribution is -2.47. The Morgan fingerprint density at radius 1 is 1.25 bits per heavy atom. The van der Waals surface area contributed by atoms with Gasteiger partial charge in [0.25, 0.3) is 0 Å². The average Bonchev–Trinajstić information content (AvgIpc) is 2.93. The number of hydrogen-bond donors (Lipinski definition) is 3. The lowest BCUT2D eigenvalue weighted by atomic mass is 10.1. The Morgan fingerprint density at radius 3 is 2.50 bits per heavy atom. The van der Waals surface area contributed by atoms with Gasteiger partial charge < -0.3 is 21.1 Å². The molecule has 1 saturated carbocycles. The molecule has 2 amide bonds. The van der Waals surface area contributed by atoms with Crippen LogP contribution in [0.5, 0.6) is 0 Å². The quantitative estimate of drug-likeness (QED) is 0.554. The molecule has 0 aromatic carbocycles. The second kappa shape index (κ2) is 8.92. The van der Waals surface area contributed by atoms with Crippen molar-refractivity contribution >= 4 is 11.8 Å². The van der Waals surface area contributed by atoms with Gasteiger partial charge in [-0.15, -0.1) is 0 Å². The molecule has 0 unspecified atom stereocenters. The van der Waals surface area contributed by atoms with Gasteiger partial charge in [0.05, 0.1) is 25.3 Å². The second-order valence-corrected chi connectivity index (χ2v) is 5.61. The van der Waals surface area contributed by atoms with E-state index in [1.807, 2.05) is 13.8 Å². The number of carbonyl (C=O) groups excluding carboxylic acids is 2. The fourth-order valence-corrected chi connectivity index (χ4v) is 2.12. The molecule has 1 fully saturated rings. The van der Waals surface area contributed by atoms with Crippen LogP contribution in [0.4, 0.5) is 0 Å². The smallest absolute Gasteiger partial charge is 0.239 e. The molecule has 1 aliphatic carbocycles. The van der Waals surface area contributed by atoms with Crippen molar-refractivity contribution in [2.45, 2.75) is 51.7 Å². The van der Waals surface area contributed by atoms with Crippen molar-refractivity contribution in [1.29, 1.82) is 0 Å². The Hall–Kier alpha value is -1.14. The van der Waals surface area contributed by atoms with E-state index in [1.54, 1.807) is 0 Å². The van der Waals surface area contributed by atoms with Crippen molar-refractivity contribution in [1.82, 2.24) is 10.6 Å². The first-order chi connectivity index (χ1) is 9.50. The maximum atomic E-state index is 11.6. The number of hydrogen-bond acceptors (Lipinski definition) is 4. The summed E-state index contributed by atoms with van der Waals surface area (Å²) in [6.45, 7) is 4.69. The largest absolute Gasteiger partial charge is 0.376 e. The third-order valence-corrected chi connectivity index (χ3v) is 3.52. The Kier molecular flexibility index (Phi) is 7.54. The van der Waals surface area contributed by atoms with Gasteiger partial charge in [-0.05, 0) is 18.8 Å². The van der Waals surface area contributed by atoms with Gasteiger partial charge in [-0.25, -0.2) is 0 Å². The van der Waals surface area contributed by atoms with Gasteiger partial charge >= 0.3 is 0 Å². The molecule has 0 spiro atoms. The van der Waals surface area contributed by atoms with Crippen LogP contribution in [0, 0.1) is 5.92 Å². The predicted molar refractivity (Wildman–Crippen MR) is 77.0 cm³/mol. The summed E-state index contributed by atoms with van der Waals surface area (Å²) in [5, 5.41) is 5.24. The van der Waals surface area contributed by atoms with Crippen LogP contribution in [0.25, 0.3) is 0 Å². The van der Waals surface area contributed by atoms with Gasteiger partial charge in [0.1, 0.15) is 0 Å². The third-order valence-electron chi connectivity index (χ3n) is 3.52. The standard InChI is InChI=1S/C14H27N3O3/c1-10(2)13(15)14(19)17-9-12(18)16-7-8-20-11-5-3-4-6-11/h10-11,13H,3-9,15H2,1-2H3,(H,16,18)(H,17,19)/t13-/m0/s1. The van der Waals surface area contributed by atoms with E-state index in [4.69, 9.17) is 10.5 Å². The van der Waals surface area contributed by atoms with Crippen LogP contribution in [-0.2, 0) is 14.3 Å². The lowest BCUT2D eigenvalue weighted by molar-refractivity contribution is -0.127. The van der Waals surface area contributed by atoms with Crippen LogP contribution < -0.4 is 16.4 Å². The summed E-state index contributed by atoms with van der Waals surface area (Å²) in [5.74, 6) is -0.459. The highest BCUT2D eigenvalue weighted by Gasteiger charge is 2.17. The molecule has 0 saturated heterocycles. The molecule has 20 heavy (non-hydrogen) atoms. The Balaban J connectivity index is 2.03. The highest BCUT2D eigenvalue weighted by molar-refractivity contribution is 5.87. The second-order valence-electron chi connectivity index (χ2n) is 5.61. The Morgan fingerprint density at radius 2 is 1.90 bits per heavy atom. The fourth-order valence-electron chi connectivity index (χ4n) is 2.12. The van der Waals surface area contributed by atoms with E-state index in [1.165, 1.54) is 12.8 Å². The zero-order chi connectivity index (χ0) is 15.0. The minimum atomic E-state index is -0.575. The van der Waals surface area contributed by atoms with Crippen molar-refractivity contribution in [2.75, 3.05) is 19.7 Å². The summed E-state index contributed by atoms with van der Waals surface area (Å²) >= 11 is 0. The average molecular weight is 285 g/mol. The van der Waals surface area contributed by atoms with Gasteiger partial charge in [-0.3, -0.25) is 9.59 Å². The zero-order valence-corrected chi connectivity index (χ0v) is 12.5. The topological polar surface area (TPSA) is 93.5 Å². The molecule has 0 bridgehead atoms. The van der Waals surface area contributed by atoms with E-state index in [-0.39, 0.29) is 24.3 Å². The molecule has 0 aromatic heterocycles. The summed E-state index contributed by atoms with van der Waals surface area (Å²) in [7, 11) is 0. The molecule has 1 aliphatic rings. The molecule has 0 aromatic rings. The van der Waals surface area contributed by atoms with Crippen molar-refractivity contribution in [2.24, 2.45) is 11.7 Å². The van der Waals surface area contributed by atoms with Crippen molar-refractivity contribution in [3.05, 3.63) is 0 Å². The molecule has 0 heterocycles. The molecule has 116 valence electrons. The molecule has 4 N–H and O–H groups in total. The number of nitrogens with one attached hydrogen (secondary N) is 2. The molecule has 1 atom stereocenters. The SMILES string of the molecule is CC(C)[C@H](N)C(=O)NCC(=O)NCCOC1CCCC1. The number of amides is 2. The van der Waals surface area contributed by atoms with E-state index in [9.17, 15) is 9.59 Å². The molecule has 0 aliphatic heterocycles. The molecular weight excluding hydrogens is 258 g/mol. The monoisotopic (exact) mass is 285 g/mol. The van der Waals surface area contributed by atoms with E-state index >= 15 is 0 Å². The van der Waals surface area contributed by atoms with Crippen molar-refractivity contribution < 1.29 is 14.3 Å². The van der Waals surface area contributed by atoms with E-state index in [0.717, 1.165) is 12.8 Å². The number of nitrogens with two attached hydrogens (primary N) is 1. The maximum absolute atomic E-state index is 11.6. The molecule has 6 heteroatoms. The van der Waals surface area contributed by atoms with Crippen molar-refractivity contribution in [3.8, 4) is 0 Å². The lowest BCUT2D eigenvalue weighted by Gasteiger charge is -2.15. The van der Waals surface area contributed by atoms with Gasteiger partial charge in [0, 0.05) is 6.54 Å². The summed E-state index contributed by atoms with van der Waals surface area (Å²) in [6, 6.07) is -0.575. The van der Waals surface area contributed by atoms with Gasteiger partial charge in [-0.2, -0.15) is 0 Å². The minimum absolute atomic E-state index is 0.0390. The first kappa shape index (κ1) is 16.9. The highest BCUT2D eigenvalue weighted by atomic mass is 16.5. The van der Waals surface area contributed by atoms with Crippen LogP contribution in [-0.4, -0.2) is 43.7 Å². The van der Waals surface area contributed by atoms with Gasteiger partial charge in [0.2, 0.25) is 11.8 Å². The summed E-state index contributed by atoms with van der Waals surface area (Å²) in [6.07, 6.45) is 5.07. The summed E-state index contributed by atoms with van der Waals surface area (Å²) < 4.78 is 5.63. The maximum Gasteiger partial charge on any atom is 0.239 e. The third kappa shape index (κ3) is 6.34. The Labute approximate surface area is 120 Å². The van der Waals surface area contributed by atoms with Crippen LogP contribution in [0.1, 0.15) is 39.5 Å². The fraction of sp³-hybridized carbons (Fsp3) is 0.857. The van der Waals surface area contributed by atoms with Gasteiger partial charge in [-0.1, -0.05) is 26.7 Å². The normalized spacial score (nSPS) is 17.2. The number of ether oxygens (including phenoxy) is 1.